The van der Waals surface area contributed by atoms with Crippen LogP contribution in [0.5, 0.6) is 0 Å². The molecule has 6 rings (SSSR count). The van der Waals surface area contributed by atoms with E-state index in [1.54, 1.807) is 20.8 Å². The number of imide groups is 1. The molecule has 3 aliphatic rings. The van der Waals surface area contributed by atoms with Crippen molar-refractivity contribution >= 4 is 40.6 Å². The Morgan fingerprint density at radius 2 is 1.60 bits per heavy atom. The predicted molar refractivity (Wildman–Crippen MR) is 158 cm³/mol. The minimum atomic E-state index is -1.16. The lowest BCUT2D eigenvalue weighted by Crippen LogP contribution is -2.57. The topological polar surface area (TPSA) is 55.8 Å². The molecule has 2 aliphatic heterocycles. The molecule has 5 nitrogen and oxygen atoms in total. The van der Waals surface area contributed by atoms with E-state index in [0.717, 1.165) is 33.6 Å². The smallest absolute Gasteiger partial charge is 0.421 e. The van der Waals surface area contributed by atoms with E-state index in [2.05, 4.69) is 19.9 Å². The Kier molecular flexibility index (Phi) is 6.01. The van der Waals surface area contributed by atoms with Gasteiger partial charge in [-0.3, -0.25) is 4.79 Å². The third-order valence-electron chi connectivity index (χ3n) is 8.41. The van der Waals surface area contributed by atoms with Gasteiger partial charge in [0.05, 0.1) is 12.3 Å². The van der Waals surface area contributed by atoms with Crippen molar-refractivity contribution in [2.24, 2.45) is 11.3 Å². The minimum absolute atomic E-state index is 0.110. The second-order valence-corrected chi connectivity index (χ2v) is 12.6. The zero-order valence-electron chi connectivity index (χ0n) is 23.3. The van der Waals surface area contributed by atoms with Crippen LogP contribution in [0.3, 0.4) is 0 Å². The lowest BCUT2D eigenvalue weighted by molar-refractivity contribution is -0.125. The Bertz CT molecular complexity index is 1580. The number of anilines is 1. The van der Waals surface area contributed by atoms with Crippen molar-refractivity contribution in [1.82, 2.24) is 0 Å². The minimum Gasteiger partial charge on any atom is -0.492 e. The van der Waals surface area contributed by atoms with Gasteiger partial charge < -0.3 is 9.47 Å². The van der Waals surface area contributed by atoms with Gasteiger partial charge in [0.25, 0.3) is 5.91 Å². The number of ether oxygens (including phenoxy) is 2. The Morgan fingerprint density at radius 3 is 2.27 bits per heavy atom. The molecule has 1 aliphatic carbocycles. The quantitative estimate of drug-likeness (QED) is 0.322. The number of para-hydroxylation sites is 1. The summed E-state index contributed by atoms with van der Waals surface area (Å²) in [4.78, 5) is 29.8. The van der Waals surface area contributed by atoms with Gasteiger partial charge in [-0.05, 0) is 79.3 Å². The summed E-state index contributed by atoms with van der Waals surface area (Å²) >= 11 is 6.18. The number of allylic oxidation sites excluding steroid dienone is 1. The molecule has 0 aromatic heterocycles. The molecule has 0 unspecified atom stereocenters. The van der Waals surface area contributed by atoms with Crippen molar-refractivity contribution in [1.29, 1.82) is 0 Å². The molecule has 2 atom stereocenters. The number of benzene rings is 3. The molecule has 0 radical (unpaired) electrons. The molecule has 1 spiro atoms. The van der Waals surface area contributed by atoms with E-state index >= 15 is 0 Å². The molecular weight excluding hydrogens is 522 g/mol. The van der Waals surface area contributed by atoms with Crippen LogP contribution >= 0.6 is 11.6 Å². The number of nitrogens with zero attached hydrogens (tertiary/aromatic N) is 1. The number of rotatable bonds is 2. The maximum Gasteiger partial charge on any atom is 0.421 e. The summed E-state index contributed by atoms with van der Waals surface area (Å²) in [7, 11) is 0. The van der Waals surface area contributed by atoms with Gasteiger partial charge >= 0.3 is 6.09 Å². The van der Waals surface area contributed by atoms with Crippen LogP contribution in [0, 0.1) is 11.3 Å². The van der Waals surface area contributed by atoms with Crippen molar-refractivity contribution in [3.8, 4) is 0 Å². The fourth-order valence-electron chi connectivity index (χ4n) is 6.65. The Morgan fingerprint density at radius 1 is 0.950 bits per heavy atom. The third-order valence-corrected chi connectivity index (χ3v) is 8.67. The van der Waals surface area contributed by atoms with E-state index in [1.165, 1.54) is 4.90 Å². The van der Waals surface area contributed by atoms with E-state index in [1.807, 2.05) is 78.9 Å². The van der Waals surface area contributed by atoms with Gasteiger partial charge in [-0.15, -0.1) is 0 Å². The summed E-state index contributed by atoms with van der Waals surface area (Å²) in [6, 6.07) is 25.2. The fourth-order valence-corrected chi connectivity index (χ4v) is 6.78. The molecule has 0 N–H and O–H groups in total. The first kappa shape index (κ1) is 26.4. The Hall–Kier alpha value is -3.83. The number of amides is 2. The molecule has 0 fully saturated rings. The highest BCUT2D eigenvalue weighted by Gasteiger charge is 2.68. The monoisotopic (exact) mass is 553 g/mol. The highest BCUT2D eigenvalue weighted by molar-refractivity contribution is 6.30. The normalized spacial score (nSPS) is 23.1. The summed E-state index contributed by atoms with van der Waals surface area (Å²) in [5.74, 6) is 0.379. The molecule has 0 saturated heterocycles. The van der Waals surface area contributed by atoms with Gasteiger partial charge in [0.1, 0.15) is 16.8 Å². The molecule has 3 aromatic rings. The number of halogens is 1. The summed E-state index contributed by atoms with van der Waals surface area (Å²) in [5, 5.41) is 0.655. The first-order chi connectivity index (χ1) is 19.0. The molecule has 204 valence electrons. The van der Waals surface area contributed by atoms with Gasteiger partial charge in [-0.1, -0.05) is 74.0 Å². The molecule has 0 bridgehead atoms. The Balaban J connectivity index is 1.65. The zero-order valence-corrected chi connectivity index (χ0v) is 24.1. The highest BCUT2D eigenvalue weighted by atomic mass is 35.5. The highest BCUT2D eigenvalue weighted by Crippen LogP contribution is 2.66. The summed E-state index contributed by atoms with van der Waals surface area (Å²) in [6.07, 6.45) is 1.45. The number of carbonyl (C=O) groups excluding carboxylic acids is 2. The van der Waals surface area contributed by atoms with Gasteiger partial charge in [-0.25, -0.2) is 9.69 Å². The number of carbonyl (C=O) groups is 2. The van der Waals surface area contributed by atoms with Crippen LogP contribution in [0.15, 0.2) is 90.5 Å². The van der Waals surface area contributed by atoms with Crippen LogP contribution in [0.25, 0.3) is 11.3 Å². The fraction of sp³-hybridized carbons (Fsp3) is 0.294. The van der Waals surface area contributed by atoms with Crippen LogP contribution < -0.4 is 4.90 Å². The average Bonchev–Trinajstić information content (AvgIpc) is 3.45. The molecule has 2 heterocycles. The van der Waals surface area contributed by atoms with Crippen LogP contribution in [0.2, 0.25) is 5.02 Å². The van der Waals surface area contributed by atoms with E-state index in [4.69, 9.17) is 21.1 Å². The lowest BCUT2D eigenvalue weighted by Gasteiger charge is -2.51. The molecule has 3 aromatic carbocycles. The van der Waals surface area contributed by atoms with E-state index in [0.29, 0.717) is 17.3 Å². The molecular formula is C34H32ClNO4. The maximum absolute atomic E-state index is 15.0. The zero-order chi connectivity index (χ0) is 28.4. The Labute approximate surface area is 240 Å². The van der Waals surface area contributed by atoms with Gasteiger partial charge in [0.15, 0.2) is 0 Å². The van der Waals surface area contributed by atoms with Crippen molar-refractivity contribution in [3.63, 3.8) is 0 Å². The van der Waals surface area contributed by atoms with Crippen molar-refractivity contribution < 1.29 is 19.1 Å². The summed E-state index contributed by atoms with van der Waals surface area (Å²) < 4.78 is 12.2. The summed E-state index contributed by atoms with van der Waals surface area (Å²) in [5.41, 5.74) is 2.48. The second-order valence-electron chi connectivity index (χ2n) is 12.2. The number of hydrogen-bond acceptors (Lipinski definition) is 4. The van der Waals surface area contributed by atoms with Crippen LogP contribution in [0.4, 0.5) is 10.5 Å². The van der Waals surface area contributed by atoms with Crippen molar-refractivity contribution in [2.45, 2.75) is 45.6 Å². The maximum atomic E-state index is 15.0. The second kappa shape index (κ2) is 9.10. The molecule has 2 amide bonds. The van der Waals surface area contributed by atoms with Gasteiger partial charge in [0, 0.05) is 22.1 Å². The van der Waals surface area contributed by atoms with Crippen LogP contribution in [-0.4, -0.2) is 24.2 Å². The van der Waals surface area contributed by atoms with E-state index in [-0.39, 0.29) is 11.8 Å². The lowest BCUT2D eigenvalue weighted by atomic mass is 9.49. The first-order valence-corrected chi connectivity index (χ1v) is 13.9. The van der Waals surface area contributed by atoms with Crippen LogP contribution in [-0.2, 0) is 19.7 Å². The number of hydrogen-bond donors (Lipinski definition) is 0. The largest absolute Gasteiger partial charge is 0.492 e. The molecule has 40 heavy (non-hydrogen) atoms. The third kappa shape index (κ3) is 3.75. The summed E-state index contributed by atoms with van der Waals surface area (Å²) in [6.45, 7) is 10.1. The predicted octanol–water partition coefficient (Wildman–Crippen LogP) is 8.04. The van der Waals surface area contributed by atoms with Gasteiger partial charge in [0.2, 0.25) is 0 Å². The first-order valence-electron chi connectivity index (χ1n) is 13.5. The SMILES string of the molecule is CC(C)(C)OC(=O)N1C(=O)[C@@]2(C(c3ccccc3)=CC3=C(c4ccc(Cl)cc4)OC[C@@H]3C2(C)C)c2ccccc21. The molecule has 6 heteroatoms. The van der Waals surface area contributed by atoms with E-state index in [9.17, 15) is 9.59 Å². The van der Waals surface area contributed by atoms with E-state index < -0.39 is 22.5 Å². The number of fused-ring (bicyclic) bond motifs is 3. The van der Waals surface area contributed by atoms with Crippen molar-refractivity contribution in [2.75, 3.05) is 11.5 Å². The standard InChI is InChI=1S/C34H32ClNO4/c1-32(2,3)40-31(38)36-28-14-10-9-13-25(28)34(30(36)37)26(21-11-7-6-8-12-21)19-24-27(33(34,4)5)20-39-29(24)22-15-17-23(35)18-16-22/h6-19,27H,20H2,1-5H3/t27-,34-/m0/s1. The molecule has 0 saturated carbocycles. The van der Waals surface area contributed by atoms with Crippen LogP contribution in [0.1, 0.15) is 51.3 Å². The van der Waals surface area contributed by atoms with Crippen molar-refractivity contribution in [3.05, 3.63) is 112 Å². The average molecular weight is 554 g/mol. The van der Waals surface area contributed by atoms with Gasteiger partial charge in [-0.2, -0.15) is 0 Å².